The minimum Gasteiger partial charge on any atom is -0.507 e. The van der Waals surface area contributed by atoms with Crippen molar-refractivity contribution in [2.24, 2.45) is 0 Å². The highest BCUT2D eigenvalue weighted by molar-refractivity contribution is 6.46. The minimum atomic E-state index is -0.720. The second-order valence-corrected chi connectivity index (χ2v) is 9.18. The van der Waals surface area contributed by atoms with Gasteiger partial charge in [0.15, 0.2) is 0 Å². The molecule has 0 bridgehead atoms. The van der Waals surface area contributed by atoms with Crippen LogP contribution in [0.1, 0.15) is 43.9 Å². The van der Waals surface area contributed by atoms with E-state index in [2.05, 4.69) is 11.8 Å². The van der Waals surface area contributed by atoms with Crippen LogP contribution in [0.4, 0.5) is 0 Å². The number of hydrogen-bond donors (Lipinski definition) is 1. The maximum absolute atomic E-state index is 13.3. The number of Topliss-reactive ketones (excluding diaryl/α,β-unsaturated/α-hetero) is 1. The molecule has 8 nitrogen and oxygen atoms in total. The van der Waals surface area contributed by atoms with Gasteiger partial charge in [-0.1, -0.05) is 25.5 Å². The summed E-state index contributed by atoms with van der Waals surface area (Å²) in [6, 6.07) is 13.6. The predicted octanol–water partition coefficient (Wildman–Crippen LogP) is 4.02. The summed E-state index contributed by atoms with van der Waals surface area (Å²) in [5, 5.41) is 11.3. The molecule has 0 saturated carbocycles. The number of carbonyl (C=O) groups is 2. The Morgan fingerprint density at radius 3 is 2.46 bits per heavy atom. The van der Waals surface area contributed by atoms with E-state index in [9.17, 15) is 14.7 Å². The van der Waals surface area contributed by atoms with Crippen LogP contribution in [0.2, 0.25) is 0 Å². The molecule has 198 valence electrons. The van der Waals surface area contributed by atoms with Gasteiger partial charge in [0, 0.05) is 31.7 Å². The first-order valence-electron chi connectivity index (χ1n) is 13.1. The van der Waals surface area contributed by atoms with Gasteiger partial charge in [-0.15, -0.1) is 0 Å². The minimum absolute atomic E-state index is 0.0850. The first kappa shape index (κ1) is 26.7. The van der Waals surface area contributed by atoms with Gasteiger partial charge in [-0.3, -0.25) is 14.5 Å². The molecule has 1 unspecified atom stereocenters. The molecule has 2 aliphatic heterocycles. The number of unbranched alkanes of at least 4 members (excludes halogenated alkanes) is 1. The van der Waals surface area contributed by atoms with Crippen LogP contribution in [0.25, 0.3) is 5.76 Å². The van der Waals surface area contributed by atoms with Gasteiger partial charge in [-0.05, 0) is 55.3 Å². The summed E-state index contributed by atoms with van der Waals surface area (Å²) in [7, 11) is 0. The van der Waals surface area contributed by atoms with E-state index in [-0.39, 0.29) is 11.3 Å². The van der Waals surface area contributed by atoms with Gasteiger partial charge < -0.3 is 24.2 Å². The third-order valence-electron chi connectivity index (χ3n) is 6.68. The first-order valence-corrected chi connectivity index (χ1v) is 13.1. The monoisotopic (exact) mass is 508 g/mol. The maximum Gasteiger partial charge on any atom is 0.295 e. The molecular weight excluding hydrogens is 472 g/mol. The lowest BCUT2D eigenvalue weighted by Crippen LogP contribution is -2.42. The molecule has 0 aliphatic carbocycles. The molecule has 1 amide bonds. The zero-order chi connectivity index (χ0) is 26.2. The van der Waals surface area contributed by atoms with Crippen molar-refractivity contribution in [2.45, 2.75) is 32.7 Å². The molecule has 1 atom stereocenters. The molecule has 1 N–H and O–H groups in total. The smallest absolute Gasteiger partial charge is 0.295 e. The summed E-state index contributed by atoms with van der Waals surface area (Å²) in [6.45, 7) is 8.94. The fourth-order valence-electron chi connectivity index (χ4n) is 4.67. The number of nitrogens with zero attached hydrogens (tertiary/aromatic N) is 2. The van der Waals surface area contributed by atoms with Crippen LogP contribution < -0.4 is 9.47 Å². The lowest BCUT2D eigenvalue weighted by Gasteiger charge is -2.31. The fraction of sp³-hybridized carbons (Fsp3) is 0.448. The summed E-state index contributed by atoms with van der Waals surface area (Å²) >= 11 is 0. The van der Waals surface area contributed by atoms with Crippen molar-refractivity contribution in [1.82, 2.24) is 9.80 Å². The van der Waals surface area contributed by atoms with Crippen LogP contribution in [-0.4, -0.2) is 79.2 Å². The Morgan fingerprint density at radius 1 is 1.00 bits per heavy atom. The third kappa shape index (κ3) is 6.32. The molecule has 2 saturated heterocycles. The average molecular weight is 509 g/mol. The highest BCUT2D eigenvalue weighted by Crippen LogP contribution is 2.40. The van der Waals surface area contributed by atoms with Crippen LogP contribution in [0.3, 0.4) is 0 Å². The maximum atomic E-state index is 13.3. The number of hydrogen-bond acceptors (Lipinski definition) is 7. The number of rotatable bonds is 11. The normalized spacial score (nSPS) is 19.8. The summed E-state index contributed by atoms with van der Waals surface area (Å²) in [4.78, 5) is 30.4. The zero-order valence-corrected chi connectivity index (χ0v) is 21.7. The number of carbonyl (C=O) groups excluding carboxylic acids is 2. The van der Waals surface area contributed by atoms with E-state index in [1.807, 2.05) is 31.2 Å². The molecular formula is C29H36N2O6. The van der Waals surface area contributed by atoms with Crippen molar-refractivity contribution in [3.63, 3.8) is 0 Å². The number of aliphatic hydroxyl groups excluding tert-OH is 1. The standard InChI is InChI=1S/C29H36N2O6/c1-3-5-17-37-24-8-6-7-22(20-24)26-25(27(32)21-9-11-23(12-10-21)36-4-2)28(33)29(34)31(26)14-13-30-15-18-35-19-16-30/h6-12,20,26,32H,3-5,13-19H2,1-2H3/b27-25+. The van der Waals surface area contributed by atoms with E-state index in [1.54, 1.807) is 29.2 Å². The molecule has 37 heavy (non-hydrogen) atoms. The molecule has 0 radical (unpaired) electrons. The van der Waals surface area contributed by atoms with Gasteiger partial charge in [0.2, 0.25) is 0 Å². The summed E-state index contributed by atoms with van der Waals surface area (Å²) in [5.74, 6) is -0.152. The van der Waals surface area contributed by atoms with E-state index in [0.717, 1.165) is 31.5 Å². The van der Waals surface area contributed by atoms with Gasteiger partial charge in [0.05, 0.1) is 38.0 Å². The number of benzene rings is 2. The van der Waals surface area contributed by atoms with Crippen molar-refractivity contribution < 1.29 is 28.9 Å². The Kier molecular flexibility index (Phi) is 9.19. The van der Waals surface area contributed by atoms with Gasteiger partial charge in [0.25, 0.3) is 11.7 Å². The Bertz CT molecular complexity index is 1110. The molecule has 2 aromatic carbocycles. The van der Waals surface area contributed by atoms with Crippen molar-refractivity contribution in [3.05, 3.63) is 65.2 Å². The first-order chi connectivity index (χ1) is 18.0. The SMILES string of the molecule is CCCCOc1cccc(C2/C(=C(\O)c3ccc(OCC)cc3)C(=O)C(=O)N2CCN2CCOCC2)c1. The second-order valence-electron chi connectivity index (χ2n) is 9.18. The quantitative estimate of drug-likeness (QED) is 0.212. The summed E-state index contributed by atoms with van der Waals surface area (Å²) in [5.41, 5.74) is 1.26. The largest absolute Gasteiger partial charge is 0.507 e. The number of likely N-dealkylation sites (tertiary alicyclic amines) is 1. The van der Waals surface area contributed by atoms with Crippen molar-refractivity contribution in [1.29, 1.82) is 0 Å². The lowest BCUT2D eigenvalue weighted by atomic mass is 9.95. The number of ketones is 1. The molecule has 2 heterocycles. The molecule has 2 fully saturated rings. The van der Waals surface area contributed by atoms with Crippen LogP contribution in [0.15, 0.2) is 54.1 Å². The van der Waals surface area contributed by atoms with Crippen LogP contribution in [0.5, 0.6) is 11.5 Å². The lowest BCUT2D eigenvalue weighted by molar-refractivity contribution is -0.140. The van der Waals surface area contributed by atoms with Crippen molar-refractivity contribution in [2.75, 3.05) is 52.6 Å². The summed E-state index contributed by atoms with van der Waals surface area (Å²) < 4.78 is 16.8. The van der Waals surface area contributed by atoms with E-state index in [0.29, 0.717) is 56.6 Å². The van der Waals surface area contributed by atoms with Crippen LogP contribution in [0, 0.1) is 0 Å². The summed E-state index contributed by atoms with van der Waals surface area (Å²) in [6.07, 6.45) is 1.95. The fourth-order valence-corrected chi connectivity index (χ4v) is 4.67. The molecule has 0 spiro atoms. The van der Waals surface area contributed by atoms with E-state index in [1.165, 1.54) is 0 Å². The molecule has 2 aliphatic rings. The third-order valence-corrected chi connectivity index (χ3v) is 6.68. The zero-order valence-electron chi connectivity index (χ0n) is 21.7. The molecule has 2 aromatic rings. The van der Waals surface area contributed by atoms with Gasteiger partial charge in [0.1, 0.15) is 17.3 Å². The highest BCUT2D eigenvalue weighted by atomic mass is 16.5. The van der Waals surface area contributed by atoms with Gasteiger partial charge in [-0.2, -0.15) is 0 Å². The Labute approximate surface area is 218 Å². The second kappa shape index (κ2) is 12.7. The van der Waals surface area contributed by atoms with Crippen molar-refractivity contribution >= 4 is 17.4 Å². The highest BCUT2D eigenvalue weighted by Gasteiger charge is 2.46. The number of morpholine rings is 1. The molecule has 0 aromatic heterocycles. The number of ether oxygens (including phenoxy) is 3. The average Bonchev–Trinajstić information content (AvgIpc) is 3.18. The molecule has 4 rings (SSSR count). The Balaban J connectivity index is 1.70. The van der Waals surface area contributed by atoms with E-state index < -0.39 is 17.7 Å². The topological polar surface area (TPSA) is 88.5 Å². The Morgan fingerprint density at radius 2 is 1.76 bits per heavy atom. The number of aliphatic hydroxyl groups is 1. The van der Waals surface area contributed by atoms with E-state index in [4.69, 9.17) is 14.2 Å². The molecule has 8 heteroatoms. The Hall–Kier alpha value is -3.36. The number of amides is 1. The predicted molar refractivity (Wildman–Crippen MR) is 141 cm³/mol. The van der Waals surface area contributed by atoms with Crippen LogP contribution >= 0.6 is 0 Å². The van der Waals surface area contributed by atoms with Crippen molar-refractivity contribution in [3.8, 4) is 11.5 Å². The van der Waals surface area contributed by atoms with Gasteiger partial charge >= 0.3 is 0 Å². The van der Waals surface area contributed by atoms with Gasteiger partial charge in [-0.25, -0.2) is 0 Å². The van der Waals surface area contributed by atoms with Crippen LogP contribution in [-0.2, 0) is 14.3 Å². The van der Waals surface area contributed by atoms with E-state index >= 15 is 0 Å².